The lowest BCUT2D eigenvalue weighted by Crippen LogP contribution is -2.47. The van der Waals surface area contributed by atoms with E-state index in [2.05, 4.69) is 10.2 Å². The van der Waals surface area contributed by atoms with Crippen LogP contribution in [0.5, 0.6) is 11.5 Å². The molecule has 32 heavy (non-hydrogen) atoms. The lowest BCUT2D eigenvalue weighted by molar-refractivity contribution is 0.0556. The fourth-order valence-corrected chi connectivity index (χ4v) is 3.98. The van der Waals surface area contributed by atoms with Crippen molar-refractivity contribution in [2.24, 2.45) is 0 Å². The van der Waals surface area contributed by atoms with Crippen LogP contribution in [-0.4, -0.2) is 72.8 Å². The van der Waals surface area contributed by atoms with Crippen molar-refractivity contribution in [3.05, 3.63) is 58.1 Å². The normalized spacial score (nSPS) is 17.2. The summed E-state index contributed by atoms with van der Waals surface area (Å²) in [5.74, 6) is 1.37. The van der Waals surface area contributed by atoms with Crippen molar-refractivity contribution in [2.45, 2.75) is 38.0 Å². The van der Waals surface area contributed by atoms with Crippen LogP contribution in [0.1, 0.15) is 18.4 Å². The van der Waals surface area contributed by atoms with Crippen LogP contribution in [0, 0.1) is 6.92 Å². The first kappa shape index (κ1) is 25.1. The second-order valence-electron chi connectivity index (χ2n) is 8.31. The van der Waals surface area contributed by atoms with Crippen molar-refractivity contribution in [2.75, 3.05) is 39.4 Å². The van der Waals surface area contributed by atoms with Gasteiger partial charge in [0.25, 0.3) is 0 Å². The number of rotatable bonds is 11. The Morgan fingerprint density at radius 2 is 1.66 bits per heavy atom. The van der Waals surface area contributed by atoms with E-state index >= 15 is 0 Å². The molecule has 0 aromatic heterocycles. The summed E-state index contributed by atoms with van der Waals surface area (Å²) in [6, 6.07) is 13.2. The number of hydrogen-bond acceptors (Lipinski definition) is 6. The minimum atomic E-state index is -0.588. The Bertz CT molecular complexity index is 846. The van der Waals surface area contributed by atoms with Crippen molar-refractivity contribution >= 4 is 23.2 Å². The lowest BCUT2D eigenvalue weighted by Gasteiger charge is -2.33. The van der Waals surface area contributed by atoms with E-state index in [4.69, 9.17) is 32.7 Å². The van der Waals surface area contributed by atoms with Gasteiger partial charge in [-0.2, -0.15) is 0 Å². The molecule has 6 nitrogen and oxygen atoms in total. The Balaban J connectivity index is 1.28. The molecule has 1 aliphatic rings. The van der Waals surface area contributed by atoms with Crippen LogP contribution in [0.25, 0.3) is 0 Å². The molecule has 0 saturated carbocycles. The molecule has 2 aromatic carbocycles. The van der Waals surface area contributed by atoms with E-state index in [0.29, 0.717) is 34.9 Å². The molecule has 2 atom stereocenters. The van der Waals surface area contributed by atoms with Gasteiger partial charge >= 0.3 is 0 Å². The lowest BCUT2D eigenvalue weighted by atomic mass is 10.0. The maximum absolute atomic E-state index is 10.3. The molecule has 2 aromatic rings. The Kier molecular flexibility index (Phi) is 9.91. The Morgan fingerprint density at radius 3 is 2.34 bits per heavy atom. The molecule has 3 N–H and O–H groups in total. The average molecular weight is 483 g/mol. The van der Waals surface area contributed by atoms with E-state index in [1.54, 1.807) is 18.2 Å². The van der Waals surface area contributed by atoms with Gasteiger partial charge in [0.05, 0.1) is 10.0 Å². The predicted octanol–water partition coefficient (Wildman–Crippen LogP) is 3.54. The number of likely N-dealkylation sites (tertiary alicyclic amines) is 1. The van der Waals surface area contributed by atoms with Gasteiger partial charge in [-0.05, 0) is 62.7 Å². The summed E-state index contributed by atoms with van der Waals surface area (Å²) in [6.45, 7) is 5.30. The highest BCUT2D eigenvalue weighted by atomic mass is 35.5. The molecule has 8 heteroatoms. The van der Waals surface area contributed by atoms with Crippen molar-refractivity contribution in [3.8, 4) is 11.5 Å². The highest BCUT2D eigenvalue weighted by Crippen LogP contribution is 2.26. The van der Waals surface area contributed by atoms with Gasteiger partial charge in [0.1, 0.15) is 36.9 Å². The molecule has 1 fully saturated rings. The van der Waals surface area contributed by atoms with E-state index < -0.39 is 12.2 Å². The number of halogens is 2. The first-order valence-electron chi connectivity index (χ1n) is 11.0. The molecule has 0 radical (unpaired) electrons. The van der Waals surface area contributed by atoms with Gasteiger partial charge in [-0.1, -0.05) is 35.3 Å². The van der Waals surface area contributed by atoms with E-state index in [0.717, 1.165) is 37.2 Å². The number of ether oxygens (including phenoxy) is 2. The quantitative estimate of drug-likeness (QED) is 0.454. The first-order chi connectivity index (χ1) is 15.4. The number of β-amino-alcohol motifs (C(OH)–C–C–N with tert-alkyl or cyclic N) is 1. The molecule has 3 rings (SSSR count). The summed E-state index contributed by atoms with van der Waals surface area (Å²) in [5.41, 5.74) is 1.13. The molecule has 0 aliphatic carbocycles. The zero-order chi connectivity index (χ0) is 22.9. The van der Waals surface area contributed by atoms with Crippen LogP contribution in [0.3, 0.4) is 0 Å². The van der Waals surface area contributed by atoms with Crippen LogP contribution in [-0.2, 0) is 0 Å². The zero-order valence-electron chi connectivity index (χ0n) is 18.3. The van der Waals surface area contributed by atoms with E-state index in [1.807, 2.05) is 31.2 Å². The van der Waals surface area contributed by atoms with Gasteiger partial charge in [-0.25, -0.2) is 0 Å². The van der Waals surface area contributed by atoms with Gasteiger partial charge in [0.15, 0.2) is 0 Å². The van der Waals surface area contributed by atoms with E-state index in [9.17, 15) is 10.2 Å². The fourth-order valence-electron chi connectivity index (χ4n) is 3.69. The van der Waals surface area contributed by atoms with Crippen LogP contribution < -0.4 is 14.8 Å². The van der Waals surface area contributed by atoms with Crippen molar-refractivity contribution < 1.29 is 19.7 Å². The summed E-state index contributed by atoms with van der Waals surface area (Å²) >= 11 is 11.9. The van der Waals surface area contributed by atoms with Crippen LogP contribution in [0.15, 0.2) is 42.5 Å². The number of aliphatic hydroxyl groups excluding tert-OH is 2. The minimum absolute atomic E-state index is 0.198. The molecule has 0 spiro atoms. The molecular formula is C24H32Cl2N2O4. The SMILES string of the molecule is Cc1cccc(OC[C@@H](O)CNC2CCN(C[C@H](O)COc3ccc(Cl)c(Cl)c3)CC2)c1. The Labute approximate surface area is 200 Å². The number of nitrogens with one attached hydrogen (secondary N) is 1. The second kappa shape index (κ2) is 12.6. The Hall–Kier alpha value is -1.54. The summed E-state index contributed by atoms with van der Waals surface area (Å²) < 4.78 is 11.3. The predicted molar refractivity (Wildman–Crippen MR) is 128 cm³/mol. The average Bonchev–Trinajstić information content (AvgIpc) is 2.78. The van der Waals surface area contributed by atoms with Crippen LogP contribution in [0.4, 0.5) is 0 Å². The fraction of sp³-hybridized carbons (Fsp3) is 0.500. The summed E-state index contributed by atoms with van der Waals surface area (Å²) in [4.78, 5) is 2.23. The molecule has 0 unspecified atom stereocenters. The second-order valence-corrected chi connectivity index (χ2v) is 9.12. The highest BCUT2D eigenvalue weighted by molar-refractivity contribution is 6.42. The largest absolute Gasteiger partial charge is 0.491 e. The third-order valence-electron chi connectivity index (χ3n) is 5.46. The van der Waals surface area contributed by atoms with Crippen molar-refractivity contribution in [1.29, 1.82) is 0 Å². The van der Waals surface area contributed by atoms with Crippen LogP contribution in [0.2, 0.25) is 10.0 Å². The maximum Gasteiger partial charge on any atom is 0.121 e. The molecule has 176 valence electrons. The van der Waals surface area contributed by atoms with Crippen molar-refractivity contribution in [3.63, 3.8) is 0 Å². The standard InChI is InChI=1S/C24H32Cl2N2O4/c1-17-3-2-4-21(11-17)31-15-19(29)13-27-18-7-9-28(10-8-18)14-20(30)16-32-22-5-6-23(25)24(26)12-22/h2-6,11-12,18-20,27,29-30H,7-10,13-16H2,1H3/t19-,20-/m0/s1. The summed E-state index contributed by atoms with van der Waals surface area (Å²) in [6.07, 6.45) is 0.779. The van der Waals surface area contributed by atoms with Gasteiger partial charge < -0.3 is 29.9 Å². The van der Waals surface area contributed by atoms with Gasteiger partial charge in [0.2, 0.25) is 0 Å². The molecule has 1 heterocycles. The number of aryl methyl sites for hydroxylation is 1. The highest BCUT2D eigenvalue weighted by Gasteiger charge is 2.21. The summed E-state index contributed by atoms with van der Waals surface area (Å²) in [7, 11) is 0. The van der Waals surface area contributed by atoms with Crippen LogP contribution >= 0.6 is 23.2 Å². The molecule has 0 bridgehead atoms. The molecule has 0 amide bonds. The summed E-state index contributed by atoms with van der Waals surface area (Å²) in [5, 5.41) is 24.9. The molecule has 1 saturated heterocycles. The zero-order valence-corrected chi connectivity index (χ0v) is 19.9. The minimum Gasteiger partial charge on any atom is -0.491 e. The maximum atomic E-state index is 10.3. The van der Waals surface area contributed by atoms with Gasteiger partial charge in [-0.3, -0.25) is 0 Å². The smallest absolute Gasteiger partial charge is 0.121 e. The molecular weight excluding hydrogens is 451 g/mol. The van der Waals surface area contributed by atoms with Crippen molar-refractivity contribution in [1.82, 2.24) is 10.2 Å². The first-order valence-corrected chi connectivity index (χ1v) is 11.7. The number of aliphatic hydroxyl groups is 2. The third kappa shape index (κ3) is 8.43. The topological polar surface area (TPSA) is 74.2 Å². The molecule has 1 aliphatic heterocycles. The number of nitrogens with zero attached hydrogens (tertiary/aromatic N) is 1. The monoisotopic (exact) mass is 482 g/mol. The van der Waals surface area contributed by atoms with Gasteiger partial charge in [0, 0.05) is 25.2 Å². The van der Waals surface area contributed by atoms with E-state index in [1.165, 1.54) is 0 Å². The van der Waals surface area contributed by atoms with Gasteiger partial charge in [-0.15, -0.1) is 0 Å². The third-order valence-corrected chi connectivity index (χ3v) is 6.20. The Morgan fingerprint density at radius 1 is 0.969 bits per heavy atom. The number of piperidine rings is 1. The number of benzene rings is 2. The number of hydrogen-bond donors (Lipinski definition) is 3. The van der Waals surface area contributed by atoms with E-state index in [-0.39, 0.29) is 13.2 Å².